The maximum atomic E-state index is 13.6. The number of morpholine rings is 1. The van der Waals surface area contributed by atoms with E-state index in [4.69, 9.17) is 21.1 Å². The number of amides is 1. The molecule has 0 saturated carbocycles. The van der Waals surface area contributed by atoms with Gasteiger partial charge in [0.25, 0.3) is 10.0 Å². The standard InChI is InChI=1S/C25H26ClN3O5S/c1-33-24-12-7-19(26)17-23(24)29(35(31,32)22-5-3-2-4-6-22)18-25(30)27-20-8-10-21(11-9-20)28-13-15-34-16-14-28/h2-12,17H,13-16,18H2,1H3,(H,27,30). The van der Waals surface area contributed by atoms with Crippen molar-refractivity contribution in [3.05, 3.63) is 77.8 Å². The van der Waals surface area contributed by atoms with Gasteiger partial charge in [0.05, 0.1) is 30.9 Å². The number of rotatable bonds is 8. The molecule has 0 radical (unpaired) electrons. The second kappa shape index (κ2) is 11.0. The molecule has 0 atom stereocenters. The Kier molecular flexibility index (Phi) is 7.80. The topological polar surface area (TPSA) is 88.2 Å². The number of carbonyl (C=O) groups is 1. The first kappa shape index (κ1) is 24.8. The van der Waals surface area contributed by atoms with Gasteiger partial charge in [-0.3, -0.25) is 9.10 Å². The van der Waals surface area contributed by atoms with Crippen molar-refractivity contribution in [2.45, 2.75) is 4.90 Å². The number of hydrogen-bond acceptors (Lipinski definition) is 6. The van der Waals surface area contributed by atoms with Crippen molar-refractivity contribution < 1.29 is 22.7 Å². The molecule has 0 aromatic heterocycles. The van der Waals surface area contributed by atoms with E-state index in [0.717, 1.165) is 23.1 Å². The molecule has 184 valence electrons. The zero-order valence-electron chi connectivity index (χ0n) is 19.2. The van der Waals surface area contributed by atoms with Crippen molar-refractivity contribution in [2.75, 3.05) is 54.5 Å². The third kappa shape index (κ3) is 5.87. The highest BCUT2D eigenvalue weighted by atomic mass is 35.5. The SMILES string of the molecule is COc1ccc(Cl)cc1N(CC(=O)Nc1ccc(N2CCOCC2)cc1)S(=O)(=O)c1ccccc1. The van der Waals surface area contributed by atoms with Gasteiger partial charge in [0, 0.05) is 29.5 Å². The van der Waals surface area contributed by atoms with Gasteiger partial charge in [-0.15, -0.1) is 0 Å². The van der Waals surface area contributed by atoms with Crippen molar-refractivity contribution in [2.24, 2.45) is 0 Å². The minimum atomic E-state index is -4.10. The van der Waals surface area contributed by atoms with Crippen LogP contribution in [0.5, 0.6) is 5.75 Å². The van der Waals surface area contributed by atoms with Crippen LogP contribution >= 0.6 is 11.6 Å². The summed E-state index contributed by atoms with van der Waals surface area (Å²) in [5.74, 6) is -0.234. The number of sulfonamides is 1. The van der Waals surface area contributed by atoms with E-state index in [0.29, 0.717) is 23.9 Å². The Hall–Kier alpha value is -3.27. The Morgan fingerprint density at radius 2 is 1.74 bits per heavy atom. The van der Waals surface area contributed by atoms with Gasteiger partial charge in [-0.25, -0.2) is 8.42 Å². The number of nitrogens with zero attached hydrogens (tertiary/aromatic N) is 2. The van der Waals surface area contributed by atoms with Crippen LogP contribution in [-0.2, 0) is 19.6 Å². The average Bonchev–Trinajstić information content (AvgIpc) is 2.88. The van der Waals surface area contributed by atoms with Crippen LogP contribution < -0.4 is 19.3 Å². The zero-order chi connectivity index (χ0) is 24.8. The summed E-state index contributed by atoms with van der Waals surface area (Å²) in [7, 11) is -2.67. The summed E-state index contributed by atoms with van der Waals surface area (Å²) in [6.45, 7) is 2.49. The fourth-order valence-corrected chi connectivity index (χ4v) is 5.40. The van der Waals surface area contributed by atoms with Crippen LogP contribution in [0.3, 0.4) is 0 Å². The van der Waals surface area contributed by atoms with Gasteiger partial charge in [0.2, 0.25) is 5.91 Å². The lowest BCUT2D eigenvalue weighted by Crippen LogP contribution is -2.38. The summed E-state index contributed by atoms with van der Waals surface area (Å²) < 4.78 is 38.9. The first-order valence-corrected chi connectivity index (χ1v) is 12.8. The molecule has 35 heavy (non-hydrogen) atoms. The van der Waals surface area contributed by atoms with E-state index < -0.39 is 22.5 Å². The summed E-state index contributed by atoms with van der Waals surface area (Å²) in [6, 6.07) is 19.9. The van der Waals surface area contributed by atoms with E-state index in [1.807, 2.05) is 12.1 Å². The Bertz CT molecular complexity index is 1260. The lowest BCUT2D eigenvalue weighted by Gasteiger charge is -2.29. The quantitative estimate of drug-likeness (QED) is 0.487. The van der Waals surface area contributed by atoms with E-state index >= 15 is 0 Å². The number of methoxy groups -OCH3 is 1. The summed E-state index contributed by atoms with van der Waals surface area (Å²) in [4.78, 5) is 15.3. The maximum absolute atomic E-state index is 13.6. The fourth-order valence-electron chi connectivity index (χ4n) is 3.79. The zero-order valence-corrected chi connectivity index (χ0v) is 20.8. The summed E-state index contributed by atoms with van der Waals surface area (Å²) >= 11 is 6.17. The van der Waals surface area contributed by atoms with Crippen LogP contribution in [0.2, 0.25) is 5.02 Å². The second-order valence-electron chi connectivity index (χ2n) is 7.84. The molecule has 0 spiro atoms. The average molecular weight is 516 g/mol. The summed E-state index contributed by atoms with van der Waals surface area (Å²) in [5.41, 5.74) is 1.76. The normalized spacial score (nSPS) is 13.8. The van der Waals surface area contributed by atoms with Gasteiger partial charge >= 0.3 is 0 Å². The van der Waals surface area contributed by atoms with E-state index in [1.54, 1.807) is 42.5 Å². The fraction of sp³-hybridized carbons (Fsp3) is 0.240. The molecular weight excluding hydrogens is 490 g/mol. The van der Waals surface area contributed by atoms with Crippen molar-refractivity contribution >= 4 is 44.6 Å². The van der Waals surface area contributed by atoms with E-state index in [9.17, 15) is 13.2 Å². The number of halogens is 1. The molecule has 10 heteroatoms. The van der Waals surface area contributed by atoms with Gasteiger partial charge in [0.1, 0.15) is 12.3 Å². The minimum Gasteiger partial charge on any atom is -0.495 e. The third-order valence-corrected chi connectivity index (χ3v) is 7.56. The smallest absolute Gasteiger partial charge is 0.264 e. The lowest BCUT2D eigenvalue weighted by molar-refractivity contribution is -0.114. The van der Waals surface area contributed by atoms with Crippen molar-refractivity contribution in [1.29, 1.82) is 0 Å². The number of benzene rings is 3. The largest absolute Gasteiger partial charge is 0.495 e. The number of nitrogens with one attached hydrogen (secondary N) is 1. The molecule has 1 aliphatic heterocycles. The Balaban J connectivity index is 1.59. The van der Waals surface area contributed by atoms with Crippen molar-refractivity contribution in [3.63, 3.8) is 0 Å². The molecule has 1 amide bonds. The van der Waals surface area contributed by atoms with E-state index in [1.165, 1.54) is 25.3 Å². The van der Waals surface area contributed by atoms with Crippen LogP contribution in [0.1, 0.15) is 0 Å². The number of ether oxygens (including phenoxy) is 2. The van der Waals surface area contributed by atoms with Gasteiger partial charge in [-0.05, 0) is 54.6 Å². The van der Waals surface area contributed by atoms with E-state index in [-0.39, 0.29) is 16.3 Å². The first-order valence-electron chi connectivity index (χ1n) is 11.0. The Labute approximate surface area is 210 Å². The molecule has 1 heterocycles. The number of anilines is 3. The minimum absolute atomic E-state index is 0.0460. The van der Waals surface area contributed by atoms with Crippen LogP contribution in [0, 0.1) is 0 Å². The highest BCUT2D eigenvalue weighted by molar-refractivity contribution is 7.92. The highest BCUT2D eigenvalue weighted by Crippen LogP contribution is 2.35. The molecule has 1 saturated heterocycles. The first-order chi connectivity index (χ1) is 16.9. The molecule has 3 aromatic carbocycles. The van der Waals surface area contributed by atoms with Gasteiger partial charge in [-0.2, -0.15) is 0 Å². The third-order valence-electron chi connectivity index (χ3n) is 5.56. The lowest BCUT2D eigenvalue weighted by atomic mass is 10.2. The van der Waals surface area contributed by atoms with Crippen molar-refractivity contribution in [1.82, 2.24) is 0 Å². The monoisotopic (exact) mass is 515 g/mol. The Morgan fingerprint density at radius 1 is 1.06 bits per heavy atom. The molecule has 0 bridgehead atoms. The van der Waals surface area contributed by atoms with Crippen molar-refractivity contribution in [3.8, 4) is 5.75 Å². The molecule has 0 aliphatic carbocycles. The molecule has 1 N–H and O–H groups in total. The van der Waals surface area contributed by atoms with Crippen LogP contribution in [0.4, 0.5) is 17.1 Å². The molecule has 1 aliphatic rings. The molecule has 4 rings (SSSR count). The highest BCUT2D eigenvalue weighted by Gasteiger charge is 2.29. The molecule has 1 fully saturated rings. The molecule has 3 aromatic rings. The summed E-state index contributed by atoms with van der Waals surface area (Å²) in [5, 5.41) is 3.10. The van der Waals surface area contributed by atoms with Crippen LogP contribution in [0.25, 0.3) is 0 Å². The number of hydrogen-bond donors (Lipinski definition) is 1. The predicted molar refractivity (Wildman–Crippen MR) is 137 cm³/mol. The second-order valence-corrected chi connectivity index (χ2v) is 10.1. The van der Waals surface area contributed by atoms with Gasteiger partial charge in [-0.1, -0.05) is 29.8 Å². The van der Waals surface area contributed by atoms with Gasteiger partial charge in [0.15, 0.2) is 0 Å². The Morgan fingerprint density at radius 3 is 2.40 bits per heavy atom. The van der Waals surface area contributed by atoms with Crippen LogP contribution in [-0.4, -0.2) is 54.3 Å². The summed E-state index contributed by atoms with van der Waals surface area (Å²) in [6.07, 6.45) is 0. The predicted octanol–water partition coefficient (Wildman–Crippen LogP) is 4.02. The molecular formula is C25H26ClN3O5S. The molecule has 0 unspecified atom stereocenters. The van der Waals surface area contributed by atoms with Gasteiger partial charge < -0.3 is 19.7 Å². The number of carbonyl (C=O) groups excluding carboxylic acids is 1. The molecule has 8 nitrogen and oxygen atoms in total. The van der Waals surface area contributed by atoms with E-state index in [2.05, 4.69) is 10.2 Å². The van der Waals surface area contributed by atoms with Crippen LogP contribution in [0.15, 0.2) is 77.7 Å². The maximum Gasteiger partial charge on any atom is 0.264 e.